The molecule has 1 saturated carbocycles. The first-order chi connectivity index (χ1) is 15.3. The number of aromatic nitrogens is 2. The first-order valence-corrected chi connectivity index (χ1v) is 11.6. The van der Waals surface area contributed by atoms with Crippen molar-refractivity contribution < 1.29 is 5.11 Å². The van der Waals surface area contributed by atoms with E-state index in [1.165, 1.54) is 25.7 Å². The lowest BCUT2D eigenvalue weighted by Gasteiger charge is -2.16. The number of aliphatic hydroxyl groups excluding tert-OH is 1. The number of aliphatic hydroxyl groups is 1. The molecule has 1 aliphatic carbocycles. The topological polar surface area (TPSA) is 58.0 Å². The molecule has 0 spiro atoms. The summed E-state index contributed by atoms with van der Waals surface area (Å²) in [6.45, 7) is 0.0211. The number of anilines is 1. The van der Waals surface area contributed by atoms with Crippen LogP contribution in [0.1, 0.15) is 31.2 Å². The number of nitrogens with zero attached hydrogens (tertiary/aromatic N) is 2. The molecule has 5 heteroatoms. The second-order valence-corrected chi connectivity index (χ2v) is 8.99. The minimum atomic E-state index is 0.0211. The molecule has 4 nitrogen and oxygen atoms in total. The lowest BCUT2D eigenvalue weighted by Crippen LogP contribution is -2.16. The van der Waals surface area contributed by atoms with Gasteiger partial charge in [-0.3, -0.25) is 0 Å². The summed E-state index contributed by atoms with van der Waals surface area (Å²) in [4.78, 5) is 12.0. The Morgan fingerprint density at radius 2 is 1.55 bits per heavy atom. The SMILES string of the molecule is OCc1ccccc1Sc1ccccc1-c1nc(NC2CCCC2)c2ccccc2n1. The van der Waals surface area contributed by atoms with Crippen LogP contribution in [0.3, 0.4) is 0 Å². The molecule has 0 bridgehead atoms. The molecule has 31 heavy (non-hydrogen) atoms. The average Bonchev–Trinajstić information content (AvgIpc) is 3.33. The lowest BCUT2D eigenvalue weighted by molar-refractivity contribution is 0.279. The molecule has 1 aliphatic rings. The van der Waals surface area contributed by atoms with Crippen molar-refractivity contribution in [2.45, 2.75) is 48.1 Å². The van der Waals surface area contributed by atoms with Gasteiger partial charge in [-0.1, -0.05) is 73.1 Å². The van der Waals surface area contributed by atoms with Crippen LogP contribution in [0.15, 0.2) is 82.6 Å². The van der Waals surface area contributed by atoms with Gasteiger partial charge in [0.25, 0.3) is 0 Å². The molecule has 1 aromatic heterocycles. The van der Waals surface area contributed by atoms with Crippen molar-refractivity contribution in [3.05, 3.63) is 78.4 Å². The lowest BCUT2D eigenvalue weighted by atomic mass is 10.1. The molecule has 1 heterocycles. The molecule has 0 unspecified atom stereocenters. The Bertz CT molecular complexity index is 1200. The summed E-state index contributed by atoms with van der Waals surface area (Å²) in [7, 11) is 0. The number of nitrogens with one attached hydrogen (secondary N) is 1. The standard InChI is InChI=1S/C26H25N3OS/c30-17-18-9-1-7-15-23(18)31-24-16-8-5-13-21(24)26-28-22-14-6-4-12-20(22)25(29-26)27-19-10-2-3-11-19/h1,4-9,12-16,19,30H,2-3,10-11,17H2,(H,27,28,29). The molecule has 5 rings (SSSR count). The summed E-state index contributed by atoms with van der Waals surface area (Å²) in [5.41, 5.74) is 2.87. The Balaban J connectivity index is 1.58. The van der Waals surface area contributed by atoms with Gasteiger partial charge in [-0.05, 0) is 42.7 Å². The fourth-order valence-electron chi connectivity index (χ4n) is 4.16. The van der Waals surface area contributed by atoms with E-state index in [2.05, 4.69) is 29.6 Å². The van der Waals surface area contributed by atoms with Gasteiger partial charge in [0.05, 0.1) is 12.1 Å². The molecule has 0 aliphatic heterocycles. The Morgan fingerprint density at radius 3 is 2.39 bits per heavy atom. The van der Waals surface area contributed by atoms with Gasteiger partial charge >= 0.3 is 0 Å². The molecule has 4 aromatic rings. The van der Waals surface area contributed by atoms with Crippen LogP contribution in [0.4, 0.5) is 5.82 Å². The summed E-state index contributed by atoms with van der Waals surface area (Å²) >= 11 is 1.64. The van der Waals surface area contributed by atoms with E-state index in [9.17, 15) is 5.11 Å². The highest BCUT2D eigenvalue weighted by atomic mass is 32.2. The number of rotatable bonds is 6. The molecular formula is C26H25N3OS. The highest BCUT2D eigenvalue weighted by Gasteiger charge is 2.18. The highest BCUT2D eigenvalue weighted by molar-refractivity contribution is 7.99. The largest absolute Gasteiger partial charge is 0.392 e. The fraction of sp³-hybridized carbons (Fsp3) is 0.231. The van der Waals surface area contributed by atoms with Gasteiger partial charge in [0.2, 0.25) is 0 Å². The molecule has 0 radical (unpaired) electrons. The van der Waals surface area contributed by atoms with E-state index in [-0.39, 0.29) is 6.61 Å². The zero-order valence-corrected chi connectivity index (χ0v) is 18.1. The van der Waals surface area contributed by atoms with Crippen LogP contribution in [0.5, 0.6) is 0 Å². The Hall–Kier alpha value is -2.89. The maximum Gasteiger partial charge on any atom is 0.163 e. The summed E-state index contributed by atoms with van der Waals surface area (Å²) in [6, 6.07) is 24.9. The number of hydrogen-bond acceptors (Lipinski definition) is 5. The van der Waals surface area contributed by atoms with Crippen molar-refractivity contribution in [2.24, 2.45) is 0 Å². The van der Waals surface area contributed by atoms with Crippen molar-refractivity contribution in [3.63, 3.8) is 0 Å². The van der Waals surface area contributed by atoms with Gasteiger partial charge in [-0.25, -0.2) is 9.97 Å². The van der Waals surface area contributed by atoms with Crippen LogP contribution in [0, 0.1) is 0 Å². The van der Waals surface area contributed by atoms with Crippen molar-refractivity contribution in [1.29, 1.82) is 0 Å². The zero-order valence-electron chi connectivity index (χ0n) is 17.3. The average molecular weight is 428 g/mol. The van der Waals surface area contributed by atoms with Gasteiger partial charge in [-0.2, -0.15) is 0 Å². The van der Waals surface area contributed by atoms with Gasteiger partial charge in [0, 0.05) is 26.8 Å². The molecule has 156 valence electrons. The maximum absolute atomic E-state index is 9.73. The predicted molar refractivity (Wildman–Crippen MR) is 127 cm³/mol. The first kappa shape index (κ1) is 20.0. The minimum Gasteiger partial charge on any atom is -0.392 e. The Labute approximate surface area is 186 Å². The number of benzene rings is 3. The number of fused-ring (bicyclic) bond motifs is 1. The van der Waals surface area contributed by atoms with Crippen LogP contribution < -0.4 is 5.32 Å². The summed E-state index contributed by atoms with van der Waals surface area (Å²) in [5, 5.41) is 14.5. The zero-order chi connectivity index (χ0) is 21.0. The van der Waals surface area contributed by atoms with E-state index in [1.54, 1.807) is 11.8 Å². The fourth-order valence-corrected chi connectivity index (χ4v) is 5.23. The van der Waals surface area contributed by atoms with Crippen molar-refractivity contribution in [3.8, 4) is 11.4 Å². The van der Waals surface area contributed by atoms with E-state index >= 15 is 0 Å². The van der Waals surface area contributed by atoms with E-state index in [1.807, 2.05) is 48.5 Å². The van der Waals surface area contributed by atoms with Crippen LogP contribution in [-0.2, 0) is 6.61 Å². The third kappa shape index (κ3) is 4.29. The molecule has 0 atom stereocenters. The predicted octanol–water partition coefficient (Wildman–Crippen LogP) is 6.29. The smallest absolute Gasteiger partial charge is 0.163 e. The highest BCUT2D eigenvalue weighted by Crippen LogP contribution is 2.37. The molecule has 0 amide bonds. The summed E-state index contributed by atoms with van der Waals surface area (Å²) in [5.74, 6) is 1.65. The van der Waals surface area contributed by atoms with Crippen molar-refractivity contribution in [1.82, 2.24) is 9.97 Å². The number of para-hydroxylation sites is 1. The Morgan fingerprint density at radius 1 is 0.839 bits per heavy atom. The maximum atomic E-state index is 9.73. The van der Waals surface area contributed by atoms with Crippen LogP contribution in [0.2, 0.25) is 0 Å². The second kappa shape index (κ2) is 9.08. The van der Waals surface area contributed by atoms with Crippen LogP contribution in [0.25, 0.3) is 22.3 Å². The summed E-state index contributed by atoms with van der Waals surface area (Å²) in [6.07, 6.45) is 4.94. The van der Waals surface area contributed by atoms with E-state index in [0.29, 0.717) is 6.04 Å². The van der Waals surface area contributed by atoms with Gasteiger partial charge in [-0.15, -0.1) is 0 Å². The quantitative estimate of drug-likeness (QED) is 0.378. The minimum absolute atomic E-state index is 0.0211. The van der Waals surface area contributed by atoms with E-state index < -0.39 is 0 Å². The van der Waals surface area contributed by atoms with Gasteiger partial charge in [0.1, 0.15) is 5.82 Å². The molecule has 0 saturated heterocycles. The molecule has 2 N–H and O–H groups in total. The van der Waals surface area contributed by atoms with E-state index in [4.69, 9.17) is 9.97 Å². The Kier molecular flexibility index (Phi) is 5.87. The monoisotopic (exact) mass is 427 g/mol. The van der Waals surface area contributed by atoms with Gasteiger partial charge in [0.15, 0.2) is 5.82 Å². The first-order valence-electron chi connectivity index (χ1n) is 10.8. The van der Waals surface area contributed by atoms with Crippen LogP contribution in [-0.4, -0.2) is 21.1 Å². The molecular weight excluding hydrogens is 402 g/mol. The molecule has 3 aromatic carbocycles. The third-order valence-corrected chi connectivity index (χ3v) is 6.98. The third-order valence-electron chi connectivity index (χ3n) is 5.79. The van der Waals surface area contributed by atoms with Crippen molar-refractivity contribution >= 4 is 28.5 Å². The number of hydrogen-bond donors (Lipinski definition) is 2. The van der Waals surface area contributed by atoms with E-state index in [0.717, 1.165) is 43.5 Å². The van der Waals surface area contributed by atoms with Gasteiger partial charge < -0.3 is 10.4 Å². The molecule has 1 fully saturated rings. The van der Waals surface area contributed by atoms with Crippen LogP contribution >= 0.6 is 11.8 Å². The summed E-state index contributed by atoms with van der Waals surface area (Å²) < 4.78 is 0. The second-order valence-electron chi connectivity index (χ2n) is 7.90. The van der Waals surface area contributed by atoms with Crippen molar-refractivity contribution in [2.75, 3.05) is 5.32 Å². The normalized spacial score (nSPS) is 14.2.